The molecule has 0 aliphatic heterocycles. The molecule has 3 N–H and O–H groups in total. The SMILES string of the molecule is Cc1cc(F)ccc1CCNC(=O)N[C@@H](C)C(=O)O. The summed E-state index contributed by atoms with van der Waals surface area (Å²) in [5.74, 6) is -1.38. The molecule has 19 heavy (non-hydrogen) atoms. The maximum atomic E-state index is 12.9. The molecule has 1 aromatic carbocycles. The van der Waals surface area contributed by atoms with Gasteiger partial charge < -0.3 is 15.7 Å². The van der Waals surface area contributed by atoms with E-state index in [0.29, 0.717) is 13.0 Å². The first-order valence-electron chi connectivity index (χ1n) is 5.92. The molecule has 1 rings (SSSR count). The molecule has 5 nitrogen and oxygen atoms in total. The van der Waals surface area contributed by atoms with Crippen LogP contribution >= 0.6 is 0 Å². The van der Waals surface area contributed by atoms with Crippen molar-refractivity contribution in [2.45, 2.75) is 26.3 Å². The quantitative estimate of drug-likeness (QED) is 0.756. The molecule has 0 saturated heterocycles. The molecule has 0 radical (unpaired) electrons. The molecular weight excluding hydrogens is 251 g/mol. The van der Waals surface area contributed by atoms with Crippen LogP contribution in [0.5, 0.6) is 0 Å². The number of rotatable bonds is 5. The minimum absolute atomic E-state index is 0.290. The molecule has 0 fully saturated rings. The number of amides is 2. The maximum Gasteiger partial charge on any atom is 0.325 e. The molecule has 0 aliphatic carbocycles. The summed E-state index contributed by atoms with van der Waals surface area (Å²) in [6, 6.07) is 3.00. The monoisotopic (exact) mass is 268 g/mol. The van der Waals surface area contributed by atoms with Gasteiger partial charge in [-0.2, -0.15) is 0 Å². The van der Waals surface area contributed by atoms with E-state index >= 15 is 0 Å². The molecule has 1 atom stereocenters. The van der Waals surface area contributed by atoms with Crippen molar-refractivity contribution in [3.8, 4) is 0 Å². The number of carboxylic acids is 1. The number of hydrogen-bond acceptors (Lipinski definition) is 2. The summed E-state index contributed by atoms with van der Waals surface area (Å²) in [7, 11) is 0. The zero-order valence-electron chi connectivity index (χ0n) is 10.9. The van der Waals surface area contributed by atoms with Crippen LogP contribution in [0.1, 0.15) is 18.1 Å². The highest BCUT2D eigenvalue weighted by Gasteiger charge is 2.13. The van der Waals surface area contributed by atoms with Gasteiger partial charge in [-0.3, -0.25) is 4.79 Å². The summed E-state index contributed by atoms with van der Waals surface area (Å²) in [4.78, 5) is 21.9. The van der Waals surface area contributed by atoms with E-state index < -0.39 is 18.0 Å². The number of aryl methyl sites for hydroxylation is 1. The van der Waals surface area contributed by atoms with E-state index in [1.165, 1.54) is 19.1 Å². The van der Waals surface area contributed by atoms with E-state index in [0.717, 1.165) is 11.1 Å². The average Bonchev–Trinajstić information content (AvgIpc) is 2.31. The molecule has 2 amide bonds. The maximum absolute atomic E-state index is 12.9. The number of benzene rings is 1. The Labute approximate surface area is 110 Å². The number of aliphatic carboxylic acids is 1. The second-order valence-corrected chi connectivity index (χ2v) is 4.28. The van der Waals surface area contributed by atoms with Gasteiger partial charge in [0.05, 0.1) is 0 Å². The first-order valence-corrected chi connectivity index (χ1v) is 5.92. The number of hydrogen-bond donors (Lipinski definition) is 3. The Morgan fingerprint density at radius 2 is 2.11 bits per heavy atom. The third kappa shape index (κ3) is 4.95. The van der Waals surface area contributed by atoms with Crippen molar-refractivity contribution < 1.29 is 19.1 Å². The van der Waals surface area contributed by atoms with Crippen molar-refractivity contribution in [3.05, 3.63) is 35.1 Å². The topological polar surface area (TPSA) is 78.4 Å². The molecular formula is C13H17FN2O3. The molecule has 0 saturated carbocycles. The molecule has 0 aliphatic rings. The Balaban J connectivity index is 2.38. The molecule has 0 bridgehead atoms. The molecule has 104 valence electrons. The van der Waals surface area contributed by atoms with Gasteiger partial charge >= 0.3 is 12.0 Å². The highest BCUT2D eigenvalue weighted by Crippen LogP contribution is 2.10. The summed E-state index contributed by atoms with van der Waals surface area (Å²) in [5.41, 5.74) is 1.76. The van der Waals surface area contributed by atoms with Crippen LogP contribution in [-0.2, 0) is 11.2 Å². The van der Waals surface area contributed by atoms with E-state index in [-0.39, 0.29) is 5.82 Å². The van der Waals surface area contributed by atoms with E-state index in [1.807, 2.05) is 0 Å². The van der Waals surface area contributed by atoms with Gasteiger partial charge in [0.1, 0.15) is 11.9 Å². The van der Waals surface area contributed by atoms with Crippen molar-refractivity contribution in [1.82, 2.24) is 10.6 Å². The van der Waals surface area contributed by atoms with E-state index in [4.69, 9.17) is 5.11 Å². The van der Waals surface area contributed by atoms with Crippen LogP contribution in [0.15, 0.2) is 18.2 Å². The van der Waals surface area contributed by atoms with Crippen LogP contribution in [0.2, 0.25) is 0 Å². The molecule has 0 aromatic heterocycles. The Morgan fingerprint density at radius 3 is 2.68 bits per heavy atom. The number of carbonyl (C=O) groups is 2. The standard InChI is InChI=1S/C13H17FN2O3/c1-8-7-11(14)4-3-10(8)5-6-15-13(19)16-9(2)12(17)18/h3-4,7,9H,5-6H2,1-2H3,(H,17,18)(H2,15,16,19)/t9-/m0/s1. The molecule has 0 spiro atoms. The third-order valence-electron chi connectivity index (χ3n) is 2.70. The lowest BCUT2D eigenvalue weighted by atomic mass is 10.1. The van der Waals surface area contributed by atoms with Crippen molar-refractivity contribution >= 4 is 12.0 Å². The van der Waals surface area contributed by atoms with Crippen LogP contribution in [0.4, 0.5) is 9.18 Å². The summed E-state index contributed by atoms with van der Waals surface area (Å²) in [6.45, 7) is 3.53. The van der Waals surface area contributed by atoms with Crippen molar-refractivity contribution in [2.24, 2.45) is 0 Å². The first-order chi connectivity index (χ1) is 8.90. The number of carboxylic acid groups (broad SMARTS) is 1. The normalized spacial score (nSPS) is 11.7. The number of nitrogens with one attached hydrogen (secondary N) is 2. The smallest absolute Gasteiger partial charge is 0.325 e. The summed E-state index contributed by atoms with van der Waals surface area (Å²) >= 11 is 0. The fraction of sp³-hybridized carbons (Fsp3) is 0.385. The second-order valence-electron chi connectivity index (χ2n) is 4.28. The van der Waals surface area contributed by atoms with Crippen molar-refractivity contribution in [2.75, 3.05) is 6.54 Å². The highest BCUT2D eigenvalue weighted by molar-refractivity contribution is 5.82. The number of urea groups is 1. The lowest BCUT2D eigenvalue weighted by Crippen LogP contribution is -2.44. The Kier molecular flexibility index (Phi) is 5.29. The Morgan fingerprint density at radius 1 is 1.42 bits per heavy atom. The summed E-state index contributed by atoms with van der Waals surface area (Å²) in [5, 5.41) is 13.5. The molecule has 0 heterocycles. The number of carbonyl (C=O) groups excluding carboxylic acids is 1. The highest BCUT2D eigenvalue weighted by atomic mass is 19.1. The second kappa shape index (κ2) is 6.72. The van der Waals surface area contributed by atoms with Gasteiger partial charge in [-0.15, -0.1) is 0 Å². The van der Waals surface area contributed by atoms with Crippen LogP contribution in [-0.4, -0.2) is 29.7 Å². The van der Waals surface area contributed by atoms with Crippen molar-refractivity contribution in [1.29, 1.82) is 0 Å². The van der Waals surface area contributed by atoms with E-state index in [2.05, 4.69) is 10.6 Å². The lowest BCUT2D eigenvalue weighted by molar-refractivity contribution is -0.138. The Hall–Kier alpha value is -2.11. The minimum atomic E-state index is -1.09. The molecule has 1 aromatic rings. The summed E-state index contributed by atoms with van der Waals surface area (Å²) in [6.07, 6.45) is 0.557. The Bertz CT molecular complexity index is 477. The van der Waals surface area contributed by atoms with Crippen LogP contribution in [0.25, 0.3) is 0 Å². The fourth-order valence-corrected chi connectivity index (χ4v) is 1.56. The van der Waals surface area contributed by atoms with E-state index in [1.54, 1.807) is 13.0 Å². The third-order valence-corrected chi connectivity index (χ3v) is 2.70. The zero-order valence-corrected chi connectivity index (χ0v) is 10.9. The van der Waals surface area contributed by atoms with Gasteiger partial charge in [-0.25, -0.2) is 9.18 Å². The fourth-order valence-electron chi connectivity index (χ4n) is 1.56. The van der Waals surface area contributed by atoms with Gasteiger partial charge in [-0.1, -0.05) is 6.07 Å². The van der Waals surface area contributed by atoms with Crippen LogP contribution in [0.3, 0.4) is 0 Å². The van der Waals surface area contributed by atoms with Crippen molar-refractivity contribution in [3.63, 3.8) is 0 Å². The molecule has 6 heteroatoms. The van der Waals surface area contributed by atoms with Crippen LogP contribution < -0.4 is 10.6 Å². The average molecular weight is 268 g/mol. The van der Waals surface area contributed by atoms with E-state index in [9.17, 15) is 14.0 Å². The summed E-state index contributed by atoms with van der Waals surface area (Å²) < 4.78 is 12.9. The van der Waals surface area contributed by atoms with Gasteiger partial charge in [0.15, 0.2) is 0 Å². The number of halogens is 1. The molecule has 0 unspecified atom stereocenters. The van der Waals surface area contributed by atoms with Gasteiger partial charge in [0.2, 0.25) is 0 Å². The first kappa shape index (κ1) is 14.9. The lowest BCUT2D eigenvalue weighted by Gasteiger charge is -2.11. The van der Waals surface area contributed by atoms with Gasteiger partial charge in [0, 0.05) is 6.54 Å². The predicted octanol–water partition coefficient (Wildman–Crippen LogP) is 1.45. The van der Waals surface area contributed by atoms with Gasteiger partial charge in [-0.05, 0) is 43.5 Å². The predicted molar refractivity (Wildman–Crippen MR) is 68.5 cm³/mol. The minimum Gasteiger partial charge on any atom is -0.480 e. The van der Waals surface area contributed by atoms with Crippen LogP contribution in [0, 0.1) is 12.7 Å². The largest absolute Gasteiger partial charge is 0.480 e. The van der Waals surface area contributed by atoms with Gasteiger partial charge in [0.25, 0.3) is 0 Å². The zero-order chi connectivity index (χ0) is 14.4.